The molecule has 0 N–H and O–H groups in total. The zero-order valence-electron chi connectivity index (χ0n) is 6.55. The van der Waals surface area contributed by atoms with Crippen molar-refractivity contribution < 1.29 is 9.18 Å². The van der Waals surface area contributed by atoms with E-state index in [1.54, 1.807) is 0 Å². The lowest BCUT2D eigenvalue weighted by Crippen LogP contribution is -1.95. The van der Waals surface area contributed by atoms with Crippen LogP contribution in [0.25, 0.3) is 0 Å². The fourth-order valence-corrected chi connectivity index (χ4v) is 1.60. The summed E-state index contributed by atoms with van der Waals surface area (Å²) in [5.74, 6) is -0.479. The van der Waals surface area contributed by atoms with Crippen molar-refractivity contribution >= 4 is 28.9 Å². The van der Waals surface area contributed by atoms with E-state index in [0.29, 0.717) is 21.0 Å². The van der Waals surface area contributed by atoms with Crippen molar-refractivity contribution in [3.63, 3.8) is 0 Å². The van der Waals surface area contributed by atoms with Gasteiger partial charge in [-0.15, -0.1) is 0 Å². The highest BCUT2D eigenvalue weighted by Gasteiger charge is 2.07. The molecule has 0 aliphatic heterocycles. The van der Waals surface area contributed by atoms with Crippen LogP contribution in [0.3, 0.4) is 0 Å². The highest BCUT2D eigenvalue weighted by molar-refractivity contribution is 14.1. The lowest BCUT2D eigenvalue weighted by atomic mass is 10.1. The number of carbonyl (C=O) groups excluding carboxylic acids is 1. The van der Waals surface area contributed by atoms with Crippen LogP contribution in [0.4, 0.5) is 4.39 Å². The number of nitrogens with zero attached hydrogens (tertiary/aromatic N) is 1. The van der Waals surface area contributed by atoms with Crippen LogP contribution < -0.4 is 0 Å². The summed E-state index contributed by atoms with van der Waals surface area (Å²) in [6.07, 6.45) is 0.711. The monoisotopic (exact) mass is 289 g/mol. The average Bonchev–Trinajstić information content (AvgIpc) is 2.11. The number of carbonyl (C=O) groups is 1. The topological polar surface area (TPSA) is 40.9 Å². The molecule has 0 saturated carbocycles. The first-order valence-electron chi connectivity index (χ1n) is 3.49. The molecule has 2 nitrogen and oxygen atoms in total. The van der Waals surface area contributed by atoms with Gasteiger partial charge in [0.05, 0.1) is 12.5 Å². The van der Waals surface area contributed by atoms with Gasteiger partial charge in [-0.1, -0.05) is 0 Å². The number of hydrogen-bond acceptors (Lipinski definition) is 2. The van der Waals surface area contributed by atoms with Crippen LogP contribution in [0, 0.1) is 20.7 Å². The van der Waals surface area contributed by atoms with E-state index >= 15 is 0 Å². The number of rotatable bonds is 2. The molecule has 1 rings (SSSR count). The molecule has 0 fully saturated rings. The minimum absolute atomic E-state index is 0.122. The molecule has 0 spiro atoms. The summed E-state index contributed by atoms with van der Waals surface area (Å²) >= 11 is 1.93. The van der Waals surface area contributed by atoms with Crippen molar-refractivity contribution in [3.8, 4) is 6.07 Å². The second-order valence-corrected chi connectivity index (χ2v) is 3.50. The maximum absolute atomic E-state index is 12.8. The molecule has 13 heavy (non-hydrogen) atoms. The van der Waals surface area contributed by atoms with Crippen molar-refractivity contribution in [2.75, 3.05) is 0 Å². The van der Waals surface area contributed by atoms with Gasteiger partial charge in [-0.05, 0) is 40.3 Å². The first kappa shape index (κ1) is 10.1. The van der Waals surface area contributed by atoms with E-state index in [2.05, 4.69) is 0 Å². The van der Waals surface area contributed by atoms with E-state index in [4.69, 9.17) is 5.26 Å². The third kappa shape index (κ3) is 2.25. The van der Waals surface area contributed by atoms with Crippen LogP contribution in [0.15, 0.2) is 12.1 Å². The Hall–Kier alpha value is -0.960. The molecule has 0 aromatic heterocycles. The summed E-state index contributed by atoms with van der Waals surface area (Å²) in [6.45, 7) is 0. The Balaban J connectivity index is 3.28. The zero-order valence-corrected chi connectivity index (χ0v) is 8.71. The number of nitriles is 1. The van der Waals surface area contributed by atoms with E-state index in [9.17, 15) is 9.18 Å². The third-order valence-electron chi connectivity index (χ3n) is 1.54. The van der Waals surface area contributed by atoms with Crippen LogP contribution in [-0.2, 0) is 6.42 Å². The van der Waals surface area contributed by atoms with Crippen LogP contribution in [0.5, 0.6) is 0 Å². The molecule has 0 bridgehead atoms. The van der Waals surface area contributed by atoms with Crippen LogP contribution in [0.2, 0.25) is 0 Å². The van der Waals surface area contributed by atoms with Crippen LogP contribution >= 0.6 is 22.6 Å². The molecule has 66 valence electrons. The number of hydrogen-bond donors (Lipinski definition) is 0. The zero-order chi connectivity index (χ0) is 9.84. The van der Waals surface area contributed by atoms with E-state index in [0.717, 1.165) is 6.07 Å². The Bertz CT molecular complexity index is 384. The largest absolute Gasteiger partial charge is 0.298 e. The number of aldehydes is 1. The van der Waals surface area contributed by atoms with Crippen molar-refractivity contribution in [1.29, 1.82) is 5.26 Å². The predicted molar refractivity (Wildman–Crippen MR) is 53.8 cm³/mol. The van der Waals surface area contributed by atoms with Gasteiger partial charge in [0.2, 0.25) is 0 Å². The first-order valence-corrected chi connectivity index (χ1v) is 4.57. The Morgan fingerprint density at radius 3 is 2.85 bits per heavy atom. The minimum Gasteiger partial charge on any atom is -0.298 e. The highest BCUT2D eigenvalue weighted by Crippen LogP contribution is 2.18. The summed E-state index contributed by atoms with van der Waals surface area (Å²) in [5, 5.41) is 8.43. The van der Waals surface area contributed by atoms with Crippen LogP contribution in [-0.4, -0.2) is 6.29 Å². The Morgan fingerprint density at radius 1 is 1.62 bits per heavy atom. The standard InChI is InChI=1S/C9H5FINO/c10-8-3-6(1-2-12)9(11)7(4-8)5-13/h3-5H,1H2. The quantitative estimate of drug-likeness (QED) is 0.619. The van der Waals surface area contributed by atoms with Gasteiger partial charge in [-0.2, -0.15) is 5.26 Å². The molecule has 1 aromatic carbocycles. The van der Waals surface area contributed by atoms with E-state index < -0.39 is 5.82 Å². The Kier molecular flexibility index (Phi) is 3.37. The van der Waals surface area contributed by atoms with Gasteiger partial charge in [0.15, 0.2) is 6.29 Å². The van der Waals surface area contributed by atoms with Gasteiger partial charge in [-0.25, -0.2) is 4.39 Å². The molecule has 0 unspecified atom stereocenters. The lowest BCUT2D eigenvalue weighted by molar-refractivity contribution is 0.112. The average molecular weight is 289 g/mol. The second kappa shape index (κ2) is 4.33. The lowest BCUT2D eigenvalue weighted by Gasteiger charge is -2.02. The minimum atomic E-state index is -0.479. The SMILES string of the molecule is N#CCc1cc(F)cc(C=O)c1I. The molecule has 0 radical (unpaired) electrons. The van der Waals surface area contributed by atoms with Gasteiger partial charge in [0, 0.05) is 9.13 Å². The van der Waals surface area contributed by atoms with Crippen molar-refractivity contribution in [3.05, 3.63) is 32.6 Å². The molecule has 0 atom stereocenters. The number of benzene rings is 1. The molecule has 0 aliphatic rings. The van der Waals surface area contributed by atoms with E-state index in [1.807, 2.05) is 28.7 Å². The van der Waals surface area contributed by atoms with Gasteiger partial charge >= 0.3 is 0 Å². The van der Waals surface area contributed by atoms with Gasteiger partial charge < -0.3 is 0 Å². The highest BCUT2D eigenvalue weighted by atomic mass is 127. The summed E-state index contributed by atoms with van der Waals surface area (Å²) < 4.78 is 13.5. The first-order chi connectivity index (χ1) is 6.19. The molecule has 0 amide bonds. The molecular weight excluding hydrogens is 284 g/mol. The van der Waals surface area contributed by atoms with Crippen molar-refractivity contribution in [2.45, 2.75) is 6.42 Å². The normalized spacial score (nSPS) is 9.31. The molecule has 0 saturated heterocycles. The molecule has 0 heterocycles. The third-order valence-corrected chi connectivity index (χ3v) is 2.85. The molecule has 1 aromatic rings. The Labute approximate surface area is 88.5 Å². The van der Waals surface area contributed by atoms with Gasteiger partial charge in [0.1, 0.15) is 5.82 Å². The molecule has 0 aliphatic carbocycles. The smallest absolute Gasteiger partial charge is 0.151 e. The number of halogens is 2. The van der Waals surface area contributed by atoms with Gasteiger partial charge in [-0.3, -0.25) is 4.79 Å². The van der Waals surface area contributed by atoms with Gasteiger partial charge in [0.25, 0.3) is 0 Å². The van der Waals surface area contributed by atoms with Crippen LogP contribution in [0.1, 0.15) is 15.9 Å². The fourth-order valence-electron chi connectivity index (χ4n) is 0.968. The van der Waals surface area contributed by atoms with Crippen molar-refractivity contribution in [1.82, 2.24) is 0 Å². The van der Waals surface area contributed by atoms with E-state index in [1.165, 1.54) is 6.07 Å². The maximum atomic E-state index is 12.8. The fraction of sp³-hybridized carbons (Fsp3) is 0.111. The summed E-state index contributed by atoms with van der Waals surface area (Å²) in [5.41, 5.74) is 0.857. The summed E-state index contributed by atoms with van der Waals surface area (Å²) in [7, 11) is 0. The van der Waals surface area contributed by atoms with Crippen molar-refractivity contribution in [2.24, 2.45) is 0 Å². The predicted octanol–water partition coefficient (Wildman–Crippen LogP) is 2.31. The van der Waals surface area contributed by atoms with E-state index in [-0.39, 0.29) is 6.42 Å². The Morgan fingerprint density at radius 2 is 2.31 bits per heavy atom. The summed E-state index contributed by atoms with van der Waals surface area (Å²) in [6, 6.07) is 4.35. The second-order valence-electron chi connectivity index (χ2n) is 2.42. The summed E-state index contributed by atoms with van der Waals surface area (Å²) in [4.78, 5) is 10.5. The maximum Gasteiger partial charge on any atom is 0.151 e. The molecular formula is C9H5FINO. The molecule has 4 heteroatoms.